The quantitative estimate of drug-likeness (QED) is 0.0625. The van der Waals surface area contributed by atoms with Gasteiger partial charge in [-0.1, -0.05) is 13.8 Å². The molecule has 0 bridgehead atoms. The van der Waals surface area contributed by atoms with E-state index in [0.29, 0.717) is 17.7 Å². The van der Waals surface area contributed by atoms with E-state index in [0.717, 1.165) is 17.4 Å². The standard InChI is InChI=1S/C24H29FN4O6S.C2HF3O2/c1-3-24(4-2,23(34)29-16(21(31)32)7-10-19(26)30)12-14-6-9-18(36-14)22(33)35-17-8-5-13(20(27)28)11-15(17)25;3-2(4,5)1(6)7/h5-6,8-9,11,16H,3-4,7,10,12H2,1-2H3,(H2,26,30)(H3,27,28)(H,29,34)(H,31,32);(H,6,7)/t16-;/m0./s1. The van der Waals surface area contributed by atoms with Gasteiger partial charge < -0.3 is 31.7 Å². The number of ether oxygens (including phenoxy) is 1. The van der Waals surface area contributed by atoms with Crippen molar-refractivity contribution in [2.24, 2.45) is 16.9 Å². The molecule has 1 aromatic carbocycles. The van der Waals surface area contributed by atoms with E-state index in [9.17, 15) is 41.8 Å². The minimum absolute atomic E-state index is 0.126. The first-order chi connectivity index (χ1) is 19.9. The van der Waals surface area contributed by atoms with E-state index in [-0.39, 0.29) is 41.3 Å². The second-order valence-electron chi connectivity index (χ2n) is 9.05. The molecular formula is C26H30F4N4O8S. The number of amidine groups is 1. The molecule has 8 N–H and O–H groups in total. The second kappa shape index (κ2) is 15.6. The number of carbonyl (C=O) groups is 5. The van der Waals surface area contributed by atoms with E-state index < -0.39 is 53.2 Å². The summed E-state index contributed by atoms with van der Waals surface area (Å²) >= 11 is 1.08. The molecule has 1 heterocycles. The van der Waals surface area contributed by atoms with Crippen LogP contribution in [-0.2, 0) is 25.6 Å². The summed E-state index contributed by atoms with van der Waals surface area (Å²) < 4.78 is 51.1. The Hall–Kier alpha value is -4.54. The highest BCUT2D eigenvalue weighted by atomic mass is 32.1. The van der Waals surface area contributed by atoms with E-state index >= 15 is 0 Å². The predicted octanol–water partition coefficient (Wildman–Crippen LogP) is 3.21. The van der Waals surface area contributed by atoms with Gasteiger partial charge in [0.15, 0.2) is 11.6 Å². The van der Waals surface area contributed by atoms with Gasteiger partial charge in [0, 0.05) is 16.9 Å². The summed E-state index contributed by atoms with van der Waals surface area (Å²) in [5.41, 5.74) is 9.62. The number of carbonyl (C=O) groups excluding carboxylic acids is 3. The Bertz CT molecular complexity index is 1360. The molecule has 0 radical (unpaired) electrons. The lowest BCUT2D eigenvalue weighted by Gasteiger charge is -2.31. The van der Waals surface area contributed by atoms with Gasteiger partial charge in [-0.25, -0.2) is 18.8 Å². The number of nitrogen functional groups attached to an aromatic ring is 1. The van der Waals surface area contributed by atoms with Gasteiger partial charge >= 0.3 is 24.1 Å². The lowest BCUT2D eigenvalue weighted by Crippen LogP contribution is -2.49. The van der Waals surface area contributed by atoms with Crippen molar-refractivity contribution in [3.63, 3.8) is 0 Å². The number of nitrogens with two attached hydrogens (primary N) is 2. The lowest BCUT2D eigenvalue weighted by atomic mass is 9.77. The summed E-state index contributed by atoms with van der Waals surface area (Å²) in [6, 6.07) is 5.46. The van der Waals surface area contributed by atoms with E-state index in [1.807, 2.05) is 0 Å². The molecule has 0 unspecified atom stereocenters. The number of alkyl halides is 3. The molecule has 2 amide bonds. The van der Waals surface area contributed by atoms with Crippen molar-refractivity contribution < 1.29 is 56.5 Å². The maximum Gasteiger partial charge on any atom is 0.490 e. The smallest absolute Gasteiger partial charge is 0.480 e. The Morgan fingerprint density at radius 1 is 1.05 bits per heavy atom. The first-order valence-electron chi connectivity index (χ1n) is 12.4. The van der Waals surface area contributed by atoms with Gasteiger partial charge in [-0.15, -0.1) is 11.3 Å². The molecule has 0 aliphatic carbocycles. The topological polar surface area (TPSA) is 223 Å². The fourth-order valence-corrected chi connectivity index (χ4v) is 4.60. The number of amides is 2. The Labute approximate surface area is 246 Å². The molecular weight excluding hydrogens is 604 g/mol. The minimum atomic E-state index is -5.08. The van der Waals surface area contributed by atoms with Gasteiger partial charge in [0.25, 0.3) is 0 Å². The van der Waals surface area contributed by atoms with Crippen molar-refractivity contribution in [1.82, 2.24) is 5.32 Å². The number of hydrogen-bond acceptors (Lipinski definition) is 8. The number of primary amides is 1. The summed E-state index contributed by atoms with van der Waals surface area (Å²) in [7, 11) is 0. The summed E-state index contributed by atoms with van der Waals surface area (Å²) in [4.78, 5) is 58.1. The summed E-state index contributed by atoms with van der Waals surface area (Å²) in [6.45, 7) is 3.61. The van der Waals surface area contributed by atoms with Crippen LogP contribution in [0.4, 0.5) is 17.6 Å². The van der Waals surface area contributed by atoms with Crippen LogP contribution in [0.2, 0.25) is 0 Å². The van der Waals surface area contributed by atoms with Gasteiger partial charge in [-0.3, -0.25) is 15.0 Å². The summed E-state index contributed by atoms with van der Waals surface area (Å²) in [5.74, 6) is -7.44. The number of nitrogens with one attached hydrogen (secondary N) is 2. The highest BCUT2D eigenvalue weighted by Crippen LogP contribution is 2.34. The number of aliphatic carboxylic acids is 2. The Morgan fingerprint density at radius 2 is 1.63 bits per heavy atom. The van der Waals surface area contributed by atoms with E-state index in [1.54, 1.807) is 19.9 Å². The van der Waals surface area contributed by atoms with Gasteiger partial charge in [-0.2, -0.15) is 13.2 Å². The fourth-order valence-electron chi connectivity index (χ4n) is 3.57. The molecule has 2 aromatic rings. The monoisotopic (exact) mass is 634 g/mol. The maximum absolute atomic E-state index is 14.2. The lowest BCUT2D eigenvalue weighted by molar-refractivity contribution is -0.192. The molecule has 1 aromatic heterocycles. The van der Waals surface area contributed by atoms with Crippen LogP contribution in [0.1, 0.15) is 59.6 Å². The van der Waals surface area contributed by atoms with Crippen LogP contribution in [0, 0.1) is 16.6 Å². The zero-order valence-corrected chi connectivity index (χ0v) is 23.7. The molecule has 0 fully saturated rings. The molecule has 0 aliphatic heterocycles. The third-order valence-electron chi connectivity index (χ3n) is 6.18. The zero-order valence-electron chi connectivity index (χ0n) is 22.9. The normalized spacial score (nSPS) is 11.9. The number of halogens is 4. The molecule has 0 spiro atoms. The average Bonchev–Trinajstić information content (AvgIpc) is 3.38. The van der Waals surface area contributed by atoms with Crippen LogP contribution >= 0.6 is 11.3 Å². The molecule has 2 rings (SSSR count). The summed E-state index contributed by atoms with van der Waals surface area (Å²) in [6.07, 6.45) is -4.38. The Balaban J connectivity index is 0.00000117. The number of rotatable bonds is 13. The summed E-state index contributed by atoms with van der Waals surface area (Å²) in [5, 5.41) is 26.4. The fraction of sp³-hybridized carbons (Fsp3) is 0.385. The first kappa shape index (κ1) is 36.5. The number of carboxylic acid groups (broad SMARTS) is 2. The number of thiophene rings is 1. The molecule has 0 saturated heterocycles. The number of esters is 1. The maximum atomic E-state index is 14.2. The molecule has 43 heavy (non-hydrogen) atoms. The minimum Gasteiger partial charge on any atom is -0.480 e. The third-order valence-corrected chi connectivity index (χ3v) is 7.25. The van der Waals surface area contributed by atoms with Crippen molar-refractivity contribution in [2.75, 3.05) is 0 Å². The van der Waals surface area contributed by atoms with Crippen LogP contribution in [0.15, 0.2) is 30.3 Å². The number of hydrogen-bond donors (Lipinski definition) is 6. The number of carboxylic acids is 2. The highest BCUT2D eigenvalue weighted by Gasteiger charge is 2.39. The Kier molecular flexibility index (Phi) is 13.3. The molecule has 12 nitrogen and oxygen atoms in total. The van der Waals surface area contributed by atoms with Gasteiger partial charge in [0.2, 0.25) is 11.8 Å². The van der Waals surface area contributed by atoms with Crippen LogP contribution in [0.5, 0.6) is 5.75 Å². The van der Waals surface area contributed by atoms with Crippen molar-refractivity contribution in [2.45, 2.75) is 58.2 Å². The molecule has 0 saturated carbocycles. The van der Waals surface area contributed by atoms with E-state index in [4.69, 9.17) is 31.5 Å². The SMILES string of the molecule is CCC(CC)(Cc1ccc(C(=O)Oc2ccc(C(=N)N)cc2F)s1)C(=O)N[C@@H](CCC(N)=O)C(=O)O.O=C(O)C(F)(F)F. The van der Waals surface area contributed by atoms with Gasteiger partial charge in [-0.05, 0) is 56.0 Å². The predicted molar refractivity (Wildman–Crippen MR) is 145 cm³/mol. The van der Waals surface area contributed by atoms with E-state index in [2.05, 4.69) is 5.32 Å². The highest BCUT2D eigenvalue weighted by molar-refractivity contribution is 7.14. The van der Waals surface area contributed by atoms with Crippen molar-refractivity contribution in [3.05, 3.63) is 51.5 Å². The van der Waals surface area contributed by atoms with Crippen LogP contribution in [0.25, 0.3) is 0 Å². The van der Waals surface area contributed by atoms with Crippen LogP contribution < -0.4 is 21.5 Å². The zero-order chi connectivity index (χ0) is 33.1. The van der Waals surface area contributed by atoms with Crippen molar-refractivity contribution in [3.8, 4) is 5.75 Å². The molecule has 17 heteroatoms. The van der Waals surface area contributed by atoms with Crippen LogP contribution in [0.3, 0.4) is 0 Å². The van der Waals surface area contributed by atoms with E-state index in [1.165, 1.54) is 18.2 Å². The molecule has 236 valence electrons. The van der Waals surface area contributed by atoms with Gasteiger partial charge in [0.1, 0.15) is 16.8 Å². The second-order valence-corrected chi connectivity index (χ2v) is 10.2. The largest absolute Gasteiger partial charge is 0.490 e. The van der Waals surface area contributed by atoms with Gasteiger partial charge in [0.05, 0.1) is 5.41 Å². The first-order valence-corrected chi connectivity index (χ1v) is 13.3. The average molecular weight is 635 g/mol. The van der Waals surface area contributed by atoms with Crippen LogP contribution in [-0.4, -0.2) is 58.0 Å². The third kappa shape index (κ3) is 11.0. The Morgan fingerprint density at radius 3 is 2.07 bits per heavy atom. The number of benzene rings is 1. The van der Waals surface area contributed by atoms with Crippen molar-refractivity contribution in [1.29, 1.82) is 5.41 Å². The molecule has 1 atom stereocenters. The molecule has 0 aliphatic rings. The van der Waals surface area contributed by atoms with Crippen molar-refractivity contribution >= 4 is 46.9 Å².